The Kier molecular flexibility index (Phi) is 6.41. The van der Waals surface area contributed by atoms with Crippen LogP contribution in [0.25, 0.3) is 6.08 Å². The summed E-state index contributed by atoms with van der Waals surface area (Å²) in [6.45, 7) is 5.34. The number of carbonyl (C=O) groups excluding carboxylic acids is 2. The van der Waals surface area contributed by atoms with E-state index in [0.717, 1.165) is 5.56 Å². The molecule has 1 aromatic carbocycles. The number of rotatable bonds is 5. The van der Waals surface area contributed by atoms with Gasteiger partial charge in [-0.1, -0.05) is 30.1 Å². The minimum Gasteiger partial charge on any atom is -0.493 e. The van der Waals surface area contributed by atoms with Crippen LogP contribution in [0, 0.1) is 3.57 Å². The first-order valence-corrected chi connectivity index (χ1v) is 9.10. The van der Waals surface area contributed by atoms with Crippen molar-refractivity contribution in [1.82, 2.24) is 4.90 Å². The fourth-order valence-electron chi connectivity index (χ4n) is 2.00. The number of nitrogens with zero attached hydrogens (tertiary/aromatic N) is 1. The van der Waals surface area contributed by atoms with Crippen molar-refractivity contribution in [3.05, 3.63) is 38.8 Å². The van der Waals surface area contributed by atoms with Crippen LogP contribution >= 0.6 is 46.6 Å². The van der Waals surface area contributed by atoms with Gasteiger partial charge in [-0.2, -0.15) is 0 Å². The number of thiocarbonyl (C=S) groups is 1. The van der Waals surface area contributed by atoms with Crippen molar-refractivity contribution in [3.8, 4) is 11.5 Å². The first-order chi connectivity index (χ1) is 11.4. The maximum Gasteiger partial charge on any atom is 0.308 e. The van der Waals surface area contributed by atoms with Crippen molar-refractivity contribution < 1.29 is 19.1 Å². The Morgan fingerprint density at radius 1 is 1.50 bits per heavy atom. The maximum absolute atomic E-state index is 12.4. The molecule has 1 aromatic rings. The predicted octanol–water partition coefficient (Wildman–Crippen LogP) is 3.61. The lowest BCUT2D eigenvalue weighted by atomic mass is 10.2. The summed E-state index contributed by atoms with van der Waals surface area (Å²) in [6.07, 6.45) is 3.37. The van der Waals surface area contributed by atoms with Crippen LogP contribution in [0.3, 0.4) is 0 Å². The zero-order valence-electron chi connectivity index (χ0n) is 13.0. The molecule has 0 N–H and O–H groups in total. The van der Waals surface area contributed by atoms with Gasteiger partial charge >= 0.3 is 5.97 Å². The van der Waals surface area contributed by atoms with E-state index in [4.69, 9.17) is 21.7 Å². The van der Waals surface area contributed by atoms with E-state index in [0.29, 0.717) is 30.8 Å². The number of halogens is 1. The molecule has 8 heteroatoms. The maximum atomic E-state index is 12.4. The molecule has 1 saturated heterocycles. The molecule has 0 atom stereocenters. The normalized spacial score (nSPS) is 15.8. The molecule has 0 aliphatic carbocycles. The van der Waals surface area contributed by atoms with Crippen molar-refractivity contribution in [1.29, 1.82) is 0 Å². The fourth-order valence-corrected chi connectivity index (χ4v) is 4.01. The molecule has 0 bridgehead atoms. The van der Waals surface area contributed by atoms with E-state index in [1.807, 2.05) is 0 Å². The van der Waals surface area contributed by atoms with Crippen LogP contribution < -0.4 is 9.47 Å². The van der Waals surface area contributed by atoms with E-state index < -0.39 is 5.97 Å². The third-order valence-electron chi connectivity index (χ3n) is 2.98. The number of thioether (sulfide) groups is 1. The Morgan fingerprint density at radius 2 is 2.21 bits per heavy atom. The second-order valence-corrected chi connectivity index (χ2v) is 7.55. The van der Waals surface area contributed by atoms with E-state index in [2.05, 4.69) is 29.2 Å². The van der Waals surface area contributed by atoms with Gasteiger partial charge in [-0.15, -0.1) is 6.58 Å². The van der Waals surface area contributed by atoms with Gasteiger partial charge in [0.1, 0.15) is 4.32 Å². The molecule has 1 aliphatic heterocycles. The van der Waals surface area contributed by atoms with Crippen LogP contribution in [0.4, 0.5) is 0 Å². The van der Waals surface area contributed by atoms with Gasteiger partial charge in [0.2, 0.25) is 0 Å². The van der Waals surface area contributed by atoms with Crippen LogP contribution in [0.1, 0.15) is 12.5 Å². The van der Waals surface area contributed by atoms with Crippen molar-refractivity contribution in [3.63, 3.8) is 0 Å². The molecule has 0 unspecified atom stereocenters. The summed E-state index contributed by atoms with van der Waals surface area (Å²) in [6, 6.07) is 3.52. The Hall–Kier alpha value is -1.39. The summed E-state index contributed by atoms with van der Waals surface area (Å²) in [7, 11) is 1.49. The second kappa shape index (κ2) is 8.13. The number of methoxy groups -OCH3 is 1. The lowest BCUT2D eigenvalue weighted by Crippen LogP contribution is -2.27. The van der Waals surface area contributed by atoms with Crippen LogP contribution in [-0.4, -0.2) is 34.8 Å². The van der Waals surface area contributed by atoms with Gasteiger partial charge < -0.3 is 9.47 Å². The molecule has 1 aliphatic rings. The number of esters is 1. The van der Waals surface area contributed by atoms with Gasteiger partial charge in [-0.05, 0) is 46.4 Å². The van der Waals surface area contributed by atoms with Crippen molar-refractivity contribution in [2.75, 3.05) is 13.7 Å². The summed E-state index contributed by atoms with van der Waals surface area (Å²) >= 11 is 8.51. The average Bonchev–Trinajstić information content (AvgIpc) is 2.77. The zero-order chi connectivity index (χ0) is 17.9. The number of hydrogen-bond donors (Lipinski definition) is 0. The minimum atomic E-state index is -0.427. The number of carbonyl (C=O) groups is 2. The van der Waals surface area contributed by atoms with Gasteiger partial charge in [-0.25, -0.2) is 0 Å². The first-order valence-electron chi connectivity index (χ1n) is 6.79. The fraction of sp³-hybridized carbons (Fsp3) is 0.188. The highest BCUT2D eigenvalue weighted by Crippen LogP contribution is 2.37. The lowest BCUT2D eigenvalue weighted by molar-refractivity contribution is -0.132. The Balaban J connectivity index is 2.38. The Bertz CT molecular complexity index is 761. The molecule has 0 aromatic heterocycles. The first kappa shape index (κ1) is 18.9. The molecule has 24 heavy (non-hydrogen) atoms. The highest BCUT2D eigenvalue weighted by atomic mass is 127. The number of hydrogen-bond acceptors (Lipinski definition) is 6. The highest BCUT2D eigenvalue weighted by molar-refractivity contribution is 14.1. The number of amides is 1. The largest absolute Gasteiger partial charge is 0.493 e. The Morgan fingerprint density at radius 3 is 2.79 bits per heavy atom. The van der Waals surface area contributed by atoms with E-state index in [-0.39, 0.29) is 5.91 Å². The van der Waals surface area contributed by atoms with Crippen LogP contribution in [0.2, 0.25) is 0 Å². The van der Waals surface area contributed by atoms with Gasteiger partial charge in [0.15, 0.2) is 11.5 Å². The molecule has 1 fully saturated rings. The van der Waals surface area contributed by atoms with Crippen molar-refractivity contribution >= 4 is 68.8 Å². The summed E-state index contributed by atoms with van der Waals surface area (Å²) in [5, 5.41) is 0. The molecule has 126 valence electrons. The molecule has 0 radical (unpaired) electrons. The van der Waals surface area contributed by atoms with Crippen molar-refractivity contribution in [2.24, 2.45) is 0 Å². The van der Waals surface area contributed by atoms with Gasteiger partial charge in [0, 0.05) is 13.5 Å². The van der Waals surface area contributed by atoms with E-state index in [9.17, 15) is 9.59 Å². The van der Waals surface area contributed by atoms with E-state index in [1.165, 1.54) is 30.7 Å². The van der Waals surface area contributed by atoms with Crippen LogP contribution in [0.15, 0.2) is 29.7 Å². The average molecular weight is 475 g/mol. The third-order valence-corrected chi connectivity index (χ3v) is 5.16. The topological polar surface area (TPSA) is 55.8 Å². The minimum absolute atomic E-state index is 0.150. The molecular formula is C16H14INO4S2. The lowest BCUT2D eigenvalue weighted by Gasteiger charge is -2.11. The third kappa shape index (κ3) is 4.17. The molecule has 2 rings (SSSR count). The SMILES string of the molecule is C=CCN1C(=O)/C(=C/c2cc(I)c(OC(C)=O)c(OC)c2)SC1=S. The second-order valence-electron chi connectivity index (χ2n) is 4.71. The van der Waals surface area contributed by atoms with Crippen LogP contribution in [-0.2, 0) is 9.59 Å². The summed E-state index contributed by atoms with van der Waals surface area (Å²) < 4.78 is 11.7. The molecule has 5 nitrogen and oxygen atoms in total. The van der Waals surface area contributed by atoms with Crippen molar-refractivity contribution in [2.45, 2.75) is 6.92 Å². The number of ether oxygens (including phenoxy) is 2. The summed E-state index contributed by atoms with van der Waals surface area (Å²) in [5.74, 6) is 0.207. The van der Waals surface area contributed by atoms with Gasteiger partial charge in [0.05, 0.1) is 15.6 Å². The molecule has 0 saturated carbocycles. The summed E-state index contributed by atoms with van der Waals surface area (Å²) in [5.41, 5.74) is 0.756. The molecule has 1 heterocycles. The van der Waals surface area contributed by atoms with E-state index in [1.54, 1.807) is 24.3 Å². The van der Waals surface area contributed by atoms with Crippen LogP contribution in [0.5, 0.6) is 11.5 Å². The molecule has 1 amide bonds. The summed E-state index contributed by atoms with van der Waals surface area (Å²) in [4.78, 5) is 25.6. The quantitative estimate of drug-likeness (QED) is 0.162. The zero-order valence-corrected chi connectivity index (χ0v) is 16.8. The van der Waals surface area contributed by atoms with Gasteiger partial charge in [0.25, 0.3) is 5.91 Å². The monoisotopic (exact) mass is 475 g/mol. The predicted molar refractivity (Wildman–Crippen MR) is 107 cm³/mol. The highest BCUT2D eigenvalue weighted by Gasteiger charge is 2.31. The van der Waals surface area contributed by atoms with E-state index >= 15 is 0 Å². The number of benzene rings is 1. The molecule has 0 spiro atoms. The van der Waals surface area contributed by atoms with Gasteiger partial charge in [-0.3, -0.25) is 14.5 Å². The molecular weight excluding hydrogens is 461 g/mol. The Labute approximate surface area is 163 Å². The smallest absolute Gasteiger partial charge is 0.308 e. The standard InChI is InChI=1S/C16H14INO4S2/c1-4-5-18-15(20)13(24-16(18)23)8-10-6-11(17)14(22-9(2)19)12(7-10)21-3/h4,6-8H,1,5H2,2-3H3/b13-8-.